The monoisotopic (exact) mass is 378 g/mol. The van der Waals surface area contributed by atoms with Gasteiger partial charge in [-0.1, -0.05) is 12.1 Å². The van der Waals surface area contributed by atoms with E-state index >= 15 is 0 Å². The minimum Gasteiger partial charge on any atom is -0.497 e. The lowest BCUT2D eigenvalue weighted by atomic mass is 10.1. The number of hydrogen-bond donors (Lipinski definition) is 1. The fourth-order valence-electron chi connectivity index (χ4n) is 2.85. The summed E-state index contributed by atoms with van der Waals surface area (Å²) < 4.78 is 31.6. The van der Waals surface area contributed by atoms with Gasteiger partial charge in [-0.3, -0.25) is 9.48 Å². The molecule has 26 heavy (non-hydrogen) atoms. The lowest BCUT2D eigenvalue weighted by Crippen LogP contribution is -2.37. The minimum atomic E-state index is -3.21. The van der Waals surface area contributed by atoms with Crippen molar-refractivity contribution in [2.45, 2.75) is 26.1 Å². The zero-order chi connectivity index (χ0) is 18.7. The van der Waals surface area contributed by atoms with Gasteiger partial charge in [-0.15, -0.1) is 0 Å². The number of nitrogens with zero attached hydrogens (tertiary/aromatic N) is 3. The van der Waals surface area contributed by atoms with E-state index in [9.17, 15) is 13.2 Å². The molecule has 0 aliphatic carbocycles. The molecule has 1 aromatic heterocycles. The molecule has 1 amide bonds. The van der Waals surface area contributed by atoms with Gasteiger partial charge in [0.2, 0.25) is 15.9 Å². The molecule has 0 fully saturated rings. The molecule has 8 nitrogen and oxygen atoms in total. The largest absolute Gasteiger partial charge is 0.497 e. The highest BCUT2D eigenvalue weighted by Crippen LogP contribution is 2.16. The average molecular weight is 378 g/mol. The number of hydrogen-bond acceptors (Lipinski definition) is 5. The summed E-state index contributed by atoms with van der Waals surface area (Å²) in [7, 11) is -1.61. The second-order valence-corrected chi connectivity index (χ2v) is 8.23. The quantitative estimate of drug-likeness (QED) is 0.791. The molecule has 0 saturated heterocycles. The maximum atomic E-state index is 12.1. The third-order valence-corrected chi connectivity index (χ3v) is 5.52. The summed E-state index contributed by atoms with van der Waals surface area (Å²) in [5, 5.41) is 7.28. The molecule has 0 saturated carbocycles. The van der Waals surface area contributed by atoms with Crippen LogP contribution in [-0.4, -0.2) is 48.3 Å². The molecule has 2 aromatic rings. The first-order valence-corrected chi connectivity index (χ1v) is 10.1. The number of carbonyl (C=O) groups is 1. The van der Waals surface area contributed by atoms with Crippen LogP contribution in [0.15, 0.2) is 30.3 Å². The van der Waals surface area contributed by atoms with Crippen LogP contribution in [0.2, 0.25) is 0 Å². The number of aromatic nitrogens is 2. The Morgan fingerprint density at radius 3 is 2.65 bits per heavy atom. The Hall–Kier alpha value is -2.39. The van der Waals surface area contributed by atoms with Crippen LogP contribution in [0.4, 0.5) is 0 Å². The molecule has 0 spiro atoms. The van der Waals surface area contributed by atoms with Crippen molar-refractivity contribution in [3.8, 4) is 5.75 Å². The molecular weight excluding hydrogens is 356 g/mol. The molecule has 1 aliphatic heterocycles. The van der Waals surface area contributed by atoms with Crippen molar-refractivity contribution in [3.63, 3.8) is 0 Å². The summed E-state index contributed by atoms with van der Waals surface area (Å²) >= 11 is 0. The number of nitrogens with one attached hydrogen (secondary N) is 1. The molecule has 0 atom stereocenters. The summed E-state index contributed by atoms with van der Waals surface area (Å²) in [4.78, 5) is 12.1. The van der Waals surface area contributed by atoms with Crippen LogP contribution in [0.5, 0.6) is 5.75 Å². The topological polar surface area (TPSA) is 93.5 Å². The standard InChI is InChI=1S/C17H22N4O4S/c1-25-16-5-3-13(4-6-16)9-17(22)18-11-14-10-15-12-20(26(2,23)24)7-8-21(15)19-14/h3-6,10H,7-9,11-12H2,1-2H3,(H,18,22). The first-order chi connectivity index (χ1) is 12.3. The van der Waals surface area contributed by atoms with Crippen LogP contribution in [0.3, 0.4) is 0 Å². The van der Waals surface area contributed by atoms with Gasteiger partial charge in [0.1, 0.15) is 5.75 Å². The Balaban J connectivity index is 1.55. The molecule has 0 unspecified atom stereocenters. The lowest BCUT2D eigenvalue weighted by Gasteiger charge is -2.25. The Labute approximate surface area is 152 Å². The summed E-state index contributed by atoms with van der Waals surface area (Å²) in [6.07, 6.45) is 1.48. The number of carbonyl (C=O) groups excluding carboxylic acids is 1. The van der Waals surface area contributed by atoms with Gasteiger partial charge in [0.15, 0.2) is 0 Å². The van der Waals surface area contributed by atoms with Crippen molar-refractivity contribution >= 4 is 15.9 Å². The first kappa shape index (κ1) is 18.4. The molecule has 140 valence electrons. The third kappa shape index (κ3) is 4.41. The highest BCUT2D eigenvalue weighted by molar-refractivity contribution is 7.88. The molecule has 2 heterocycles. The van der Waals surface area contributed by atoms with Gasteiger partial charge in [0.05, 0.1) is 50.8 Å². The maximum Gasteiger partial charge on any atom is 0.224 e. The van der Waals surface area contributed by atoms with Gasteiger partial charge in [-0.25, -0.2) is 8.42 Å². The van der Waals surface area contributed by atoms with Gasteiger partial charge in [-0.05, 0) is 23.8 Å². The Morgan fingerprint density at radius 2 is 2.00 bits per heavy atom. The predicted octanol–water partition coefficient (Wildman–Crippen LogP) is 0.526. The van der Waals surface area contributed by atoms with E-state index in [1.807, 2.05) is 30.3 Å². The average Bonchev–Trinajstić information content (AvgIpc) is 3.02. The molecule has 0 radical (unpaired) electrons. The summed E-state index contributed by atoms with van der Waals surface area (Å²) in [5.74, 6) is 0.653. The number of fused-ring (bicyclic) bond motifs is 1. The van der Waals surface area contributed by atoms with Gasteiger partial charge >= 0.3 is 0 Å². The zero-order valence-corrected chi connectivity index (χ0v) is 15.6. The fraction of sp³-hybridized carbons (Fsp3) is 0.412. The van der Waals surface area contributed by atoms with E-state index in [4.69, 9.17) is 4.74 Å². The smallest absolute Gasteiger partial charge is 0.224 e. The molecule has 1 aromatic carbocycles. The minimum absolute atomic E-state index is 0.0982. The maximum absolute atomic E-state index is 12.1. The summed E-state index contributed by atoms with van der Waals surface area (Å²) in [5.41, 5.74) is 2.45. The Morgan fingerprint density at radius 1 is 1.27 bits per heavy atom. The predicted molar refractivity (Wildman–Crippen MR) is 96.0 cm³/mol. The summed E-state index contributed by atoms with van der Waals surface area (Å²) in [6.45, 7) is 1.55. The van der Waals surface area contributed by atoms with Gasteiger partial charge in [0.25, 0.3) is 0 Å². The van der Waals surface area contributed by atoms with Crippen molar-refractivity contribution in [2.24, 2.45) is 0 Å². The van der Waals surface area contributed by atoms with E-state index < -0.39 is 10.0 Å². The normalized spacial score (nSPS) is 14.7. The van der Waals surface area contributed by atoms with Crippen LogP contribution in [0.1, 0.15) is 17.0 Å². The van der Waals surface area contributed by atoms with Gasteiger partial charge < -0.3 is 10.1 Å². The number of amides is 1. The zero-order valence-electron chi connectivity index (χ0n) is 14.8. The Kier molecular flexibility index (Phi) is 5.28. The first-order valence-electron chi connectivity index (χ1n) is 8.25. The van der Waals surface area contributed by atoms with Crippen molar-refractivity contribution < 1.29 is 17.9 Å². The fourth-order valence-corrected chi connectivity index (χ4v) is 3.63. The van der Waals surface area contributed by atoms with Crippen molar-refractivity contribution in [1.82, 2.24) is 19.4 Å². The van der Waals surface area contributed by atoms with Crippen LogP contribution in [-0.2, 0) is 40.9 Å². The van der Waals surface area contributed by atoms with Gasteiger partial charge in [0, 0.05) is 6.54 Å². The molecule has 3 rings (SSSR count). The molecule has 0 bridgehead atoms. The van der Waals surface area contributed by atoms with E-state index in [-0.39, 0.29) is 12.3 Å². The number of rotatable bonds is 6. The van der Waals surface area contributed by atoms with Crippen molar-refractivity contribution in [1.29, 1.82) is 0 Å². The highest BCUT2D eigenvalue weighted by Gasteiger charge is 2.24. The van der Waals surface area contributed by atoms with Crippen LogP contribution < -0.4 is 10.1 Å². The van der Waals surface area contributed by atoms with E-state index in [1.165, 1.54) is 10.6 Å². The van der Waals surface area contributed by atoms with Crippen LogP contribution >= 0.6 is 0 Å². The number of methoxy groups -OCH3 is 1. The van der Waals surface area contributed by atoms with Gasteiger partial charge in [-0.2, -0.15) is 9.40 Å². The highest BCUT2D eigenvalue weighted by atomic mass is 32.2. The third-order valence-electron chi connectivity index (χ3n) is 4.27. The van der Waals surface area contributed by atoms with Crippen molar-refractivity contribution in [2.75, 3.05) is 19.9 Å². The number of sulfonamides is 1. The van der Waals surface area contributed by atoms with Crippen LogP contribution in [0.25, 0.3) is 0 Å². The lowest BCUT2D eigenvalue weighted by molar-refractivity contribution is -0.120. The number of ether oxygens (including phenoxy) is 1. The summed E-state index contributed by atoms with van der Waals surface area (Å²) in [6, 6.07) is 9.19. The van der Waals surface area contributed by atoms with E-state index in [0.29, 0.717) is 26.2 Å². The Bertz CT molecular complexity index is 890. The SMILES string of the molecule is COc1ccc(CC(=O)NCc2cc3n(n2)CCN(S(C)(=O)=O)C3)cc1. The second-order valence-electron chi connectivity index (χ2n) is 6.25. The van der Waals surface area contributed by atoms with E-state index in [0.717, 1.165) is 22.7 Å². The molecule has 1 aliphatic rings. The van der Waals surface area contributed by atoms with E-state index in [1.54, 1.807) is 11.8 Å². The molecular formula is C17H22N4O4S. The molecule has 1 N–H and O–H groups in total. The second kappa shape index (κ2) is 7.46. The number of benzene rings is 1. The van der Waals surface area contributed by atoms with Crippen molar-refractivity contribution in [3.05, 3.63) is 47.3 Å². The van der Waals surface area contributed by atoms with E-state index in [2.05, 4.69) is 10.4 Å². The molecule has 9 heteroatoms. The van der Waals surface area contributed by atoms with Crippen LogP contribution in [0, 0.1) is 0 Å².